The maximum Gasteiger partial charge on any atom is 0.324 e. The van der Waals surface area contributed by atoms with E-state index in [1.807, 2.05) is 6.92 Å². The average molecular weight is 312 g/mol. The molecule has 1 unspecified atom stereocenters. The Kier molecular flexibility index (Phi) is 4.63. The molecule has 1 atom stereocenters. The van der Waals surface area contributed by atoms with Gasteiger partial charge in [-0.3, -0.25) is 9.59 Å². The first kappa shape index (κ1) is 16.2. The highest BCUT2D eigenvalue weighted by molar-refractivity contribution is 5.97. The number of amides is 2. The van der Waals surface area contributed by atoms with Crippen LogP contribution in [0, 0.1) is 0 Å². The summed E-state index contributed by atoms with van der Waals surface area (Å²) in [6.45, 7) is 1.96. The van der Waals surface area contributed by atoms with Crippen LogP contribution in [0.3, 0.4) is 0 Å². The number of aromatic hydroxyl groups is 1. The van der Waals surface area contributed by atoms with Gasteiger partial charge in [-0.15, -0.1) is 0 Å². The Labute approximate surface area is 126 Å². The van der Waals surface area contributed by atoms with Gasteiger partial charge >= 0.3 is 5.92 Å². The summed E-state index contributed by atoms with van der Waals surface area (Å²) >= 11 is 0. The maximum atomic E-state index is 13.0. The summed E-state index contributed by atoms with van der Waals surface area (Å²) in [6, 6.07) is 4.21. The molecule has 2 rings (SSSR count). The second-order valence-electron chi connectivity index (χ2n) is 5.33. The van der Waals surface area contributed by atoms with Crippen LogP contribution in [0.15, 0.2) is 18.2 Å². The number of hydrogen-bond acceptors (Lipinski definition) is 3. The molecular weight excluding hydrogens is 294 g/mol. The molecule has 1 saturated heterocycles. The maximum absolute atomic E-state index is 13.0. The van der Waals surface area contributed by atoms with Crippen LogP contribution in [0.5, 0.6) is 5.75 Å². The number of nitrogens with one attached hydrogen (secondary N) is 2. The van der Waals surface area contributed by atoms with Crippen molar-refractivity contribution in [2.24, 2.45) is 0 Å². The SMILES string of the molecule is CCc1ccc(O)c(C(=O)NCC2CCC(F)(F)C(=O)N2)c1. The molecular formula is C15H18F2N2O3. The largest absolute Gasteiger partial charge is 0.507 e. The number of benzene rings is 1. The van der Waals surface area contributed by atoms with E-state index in [-0.39, 0.29) is 24.3 Å². The van der Waals surface area contributed by atoms with Gasteiger partial charge in [-0.25, -0.2) is 0 Å². The molecule has 2 amide bonds. The van der Waals surface area contributed by atoms with Gasteiger partial charge in [0, 0.05) is 19.0 Å². The van der Waals surface area contributed by atoms with Crippen LogP contribution in [0.4, 0.5) is 8.78 Å². The lowest BCUT2D eigenvalue weighted by atomic mass is 10.0. The number of phenolic OH excluding ortho intramolecular Hbond substituents is 1. The Morgan fingerprint density at radius 3 is 2.86 bits per heavy atom. The summed E-state index contributed by atoms with van der Waals surface area (Å²) in [5.41, 5.74) is 1.03. The van der Waals surface area contributed by atoms with Crippen LogP contribution in [-0.4, -0.2) is 35.4 Å². The van der Waals surface area contributed by atoms with Gasteiger partial charge in [0.05, 0.1) is 5.56 Å². The highest BCUT2D eigenvalue weighted by Gasteiger charge is 2.43. The second-order valence-corrected chi connectivity index (χ2v) is 5.33. The molecule has 0 saturated carbocycles. The van der Waals surface area contributed by atoms with Crippen molar-refractivity contribution in [3.05, 3.63) is 29.3 Å². The van der Waals surface area contributed by atoms with Gasteiger partial charge in [0.2, 0.25) is 0 Å². The number of hydrogen-bond donors (Lipinski definition) is 3. The minimum Gasteiger partial charge on any atom is -0.507 e. The fourth-order valence-electron chi connectivity index (χ4n) is 2.28. The topological polar surface area (TPSA) is 78.4 Å². The number of rotatable bonds is 4. The van der Waals surface area contributed by atoms with E-state index >= 15 is 0 Å². The second kappa shape index (κ2) is 6.29. The molecule has 0 aromatic heterocycles. The Morgan fingerprint density at radius 2 is 2.23 bits per heavy atom. The van der Waals surface area contributed by atoms with E-state index in [9.17, 15) is 23.5 Å². The molecule has 22 heavy (non-hydrogen) atoms. The van der Waals surface area contributed by atoms with E-state index in [4.69, 9.17) is 0 Å². The van der Waals surface area contributed by atoms with E-state index in [1.54, 1.807) is 12.1 Å². The average Bonchev–Trinajstić information content (AvgIpc) is 2.49. The Balaban J connectivity index is 1.95. The Morgan fingerprint density at radius 1 is 1.50 bits per heavy atom. The minimum atomic E-state index is -3.34. The molecule has 3 N–H and O–H groups in total. The van der Waals surface area contributed by atoms with Gasteiger partial charge in [-0.05, 0) is 30.5 Å². The molecule has 1 aliphatic heterocycles. The molecule has 7 heteroatoms. The third kappa shape index (κ3) is 3.52. The summed E-state index contributed by atoms with van der Waals surface area (Å²) in [4.78, 5) is 23.2. The fraction of sp³-hybridized carbons (Fsp3) is 0.467. The number of aryl methyl sites for hydroxylation is 1. The first-order valence-electron chi connectivity index (χ1n) is 7.12. The monoisotopic (exact) mass is 312 g/mol. The Hall–Kier alpha value is -2.18. The van der Waals surface area contributed by atoms with E-state index in [2.05, 4.69) is 10.6 Å². The number of piperidine rings is 1. The summed E-state index contributed by atoms with van der Waals surface area (Å²) in [5, 5.41) is 14.5. The van der Waals surface area contributed by atoms with Gasteiger partial charge < -0.3 is 15.7 Å². The van der Waals surface area contributed by atoms with Crippen molar-refractivity contribution in [2.45, 2.75) is 38.2 Å². The van der Waals surface area contributed by atoms with Gasteiger partial charge in [0.1, 0.15) is 5.75 Å². The van der Waals surface area contributed by atoms with Gasteiger partial charge in [0.25, 0.3) is 11.8 Å². The number of carbonyl (C=O) groups is 2. The van der Waals surface area contributed by atoms with E-state index in [0.29, 0.717) is 6.42 Å². The van der Waals surface area contributed by atoms with E-state index in [0.717, 1.165) is 5.56 Å². The van der Waals surface area contributed by atoms with Crippen LogP contribution in [0.25, 0.3) is 0 Å². The highest BCUT2D eigenvalue weighted by atomic mass is 19.3. The van der Waals surface area contributed by atoms with Crippen molar-refractivity contribution in [3.8, 4) is 5.75 Å². The molecule has 1 aromatic rings. The third-order valence-electron chi connectivity index (χ3n) is 3.70. The van der Waals surface area contributed by atoms with Crippen molar-refractivity contribution in [2.75, 3.05) is 6.54 Å². The smallest absolute Gasteiger partial charge is 0.324 e. The molecule has 1 aromatic carbocycles. The first-order chi connectivity index (χ1) is 10.3. The minimum absolute atomic E-state index is 0.0381. The highest BCUT2D eigenvalue weighted by Crippen LogP contribution is 2.25. The third-order valence-corrected chi connectivity index (χ3v) is 3.70. The van der Waals surface area contributed by atoms with Crippen molar-refractivity contribution in [1.82, 2.24) is 10.6 Å². The normalized spacial score (nSPS) is 20.3. The molecule has 5 nitrogen and oxygen atoms in total. The number of halogens is 2. The molecule has 1 aliphatic rings. The van der Waals surface area contributed by atoms with Crippen molar-refractivity contribution >= 4 is 11.8 Å². The zero-order valence-electron chi connectivity index (χ0n) is 12.2. The predicted molar refractivity (Wildman–Crippen MR) is 75.9 cm³/mol. The molecule has 0 aliphatic carbocycles. The zero-order chi connectivity index (χ0) is 16.3. The lowest BCUT2D eigenvalue weighted by molar-refractivity contribution is -0.151. The lowest BCUT2D eigenvalue weighted by Gasteiger charge is -2.28. The number of carbonyl (C=O) groups excluding carboxylic acids is 2. The zero-order valence-corrected chi connectivity index (χ0v) is 12.2. The van der Waals surface area contributed by atoms with Gasteiger partial charge in [0.15, 0.2) is 0 Å². The quantitative estimate of drug-likeness (QED) is 0.790. The fourth-order valence-corrected chi connectivity index (χ4v) is 2.28. The number of phenols is 1. The summed E-state index contributed by atoms with van der Waals surface area (Å²) in [5.74, 6) is -5.30. The van der Waals surface area contributed by atoms with Crippen molar-refractivity contribution in [3.63, 3.8) is 0 Å². The van der Waals surface area contributed by atoms with Crippen molar-refractivity contribution in [1.29, 1.82) is 0 Å². The Bertz CT molecular complexity index is 590. The summed E-state index contributed by atoms with van der Waals surface area (Å²) in [7, 11) is 0. The van der Waals surface area contributed by atoms with Crippen LogP contribution in [-0.2, 0) is 11.2 Å². The van der Waals surface area contributed by atoms with Crippen LogP contribution in [0.2, 0.25) is 0 Å². The summed E-state index contributed by atoms with van der Waals surface area (Å²) < 4.78 is 26.1. The molecule has 0 radical (unpaired) electrons. The van der Waals surface area contributed by atoms with Crippen LogP contribution in [0.1, 0.15) is 35.7 Å². The first-order valence-corrected chi connectivity index (χ1v) is 7.12. The molecule has 0 bridgehead atoms. The molecule has 120 valence electrons. The standard InChI is InChI=1S/C15H18F2N2O3/c1-2-9-3-4-12(20)11(7-9)13(21)18-8-10-5-6-15(16,17)14(22)19-10/h3-4,7,10,20H,2,5-6,8H2,1H3,(H,18,21)(H,19,22). The lowest BCUT2D eigenvalue weighted by Crippen LogP contribution is -2.54. The molecule has 1 fully saturated rings. The van der Waals surface area contributed by atoms with E-state index < -0.39 is 30.2 Å². The van der Waals surface area contributed by atoms with E-state index in [1.165, 1.54) is 6.07 Å². The molecule has 0 spiro atoms. The predicted octanol–water partition coefficient (Wildman–Crippen LogP) is 1.60. The molecule has 1 heterocycles. The van der Waals surface area contributed by atoms with Gasteiger partial charge in [-0.2, -0.15) is 8.78 Å². The number of alkyl halides is 2. The summed E-state index contributed by atoms with van der Waals surface area (Å²) in [6.07, 6.45) is 0.268. The van der Waals surface area contributed by atoms with Crippen LogP contribution < -0.4 is 10.6 Å². The van der Waals surface area contributed by atoms with Gasteiger partial charge in [-0.1, -0.05) is 13.0 Å². The van der Waals surface area contributed by atoms with Crippen LogP contribution >= 0.6 is 0 Å². The van der Waals surface area contributed by atoms with Crippen molar-refractivity contribution < 1.29 is 23.5 Å².